The zero-order valence-corrected chi connectivity index (χ0v) is 15.0. The van der Waals surface area contributed by atoms with E-state index in [0.29, 0.717) is 0 Å². The lowest BCUT2D eigenvalue weighted by molar-refractivity contribution is 0.700. The fourth-order valence-corrected chi connectivity index (χ4v) is 4.78. The summed E-state index contributed by atoms with van der Waals surface area (Å²) in [5.74, 6) is 0.961. The number of fused-ring (bicyclic) bond motifs is 3. The number of benzene rings is 1. The summed E-state index contributed by atoms with van der Waals surface area (Å²) in [4.78, 5) is 12.1. The van der Waals surface area contributed by atoms with Gasteiger partial charge < -0.3 is 5.32 Å². The molecule has 3 nitrogen and oxygen atoms in total. The van der Waals surface area contributed by atoms with Crippen LogP contribution in [0.4, 0.5) is 11.5 Å². The van der Waals surface area contributed by atoms with Gasteiger partial charge in [-0.05, 0) is 56.6 Å². The van der Waals surface area contributed by atoms with Crippen LogP contribution in [0.5, 0.6) is 0 Å². The van der Waals surface area contributed by atoms with Crippen molar-refractivity contribution in [1.82, 2.24) is 9.97 Å². The zero-order chi connectivity index (χ0) is 15.8. The molecule has 5 heteroatoms. The van der Waals surface area contributed by atoms with Crippen molar-refractivity contribution >= 4 is 44.8 Å². The molecule has 0 atom stereocenters. The molecule has 23 heavy (non-hydrogen) atoms. The Balaban J connectivity index is 1.85. The number of rotatable bonds is 3. The fourth-order valence-electron chi connectivity index (χ4n) is 3.09. The number of hydrogen-bond acceptors (Lipinski definition) is 5. The van der Waals surface area contributed by atoms with Gasteiger partial charge >= 0.3 is 0 Å². The molecule has 3 aromatic rings. The first kappa shape index (κ1) is 15.0. The van der Waals surface area contributed by atoms with E-state index >= 15 is 0 Å². The SMILES string of the molecule is CSc1nc(Nc2ccc(C)cc2)c2c3c(sc2n1)CCCC3. The Morgan fingerprint density at radius 2 is 1.87 bits per heavy atom. The first-order valence-electron chi connectivity index (χ1n) is 7.94. The Morgan fingerprint density at radius 3 is 2.65 bits per heavy atom. The van der Waals surface area contributed by atoms with Gasteiger partial charge in [-0.2, -0.15) is 0 Å². The first-order valence-corrected chi connectivity index (χ1v) is 9.98. The Labute approximate surface area is 144 Å². The third-order valence-electron chi connectivity index (χ3n) is 4.29. The van der Waals surface area contributed by atoms with Crippen molar-refractivity contribution in [2.24, 2.45) is 0 Å². The van der Waals surface area contributed by atoms with Gasteiger partial charge in [-0.3, -0.25) is 0 Å². The van der Waals surface area contributed by atoms with Crippen LogP contribution in [0.25, 0.3) is 10.2 Å². The average Bonchev–Trinajstić information content (AvgIpc) is 2.95. The Kier molecular flexibility index (Phi) is 3.99. The molecule has 0 aliphatic heterocycles. The van der Waals surface area contributed by atoms with Gasteiger partial charge in [0.05, 0.1) is 5.39 Å². The van der Waals surface area contributed by atoms with Gasteiger partial charge in [-0.1, -0.05) is 29.5 Å². The van der Waals surface area contributed by atoms with Crippen molar-refractivity contribution in [1.29, 1.82) is 0 Å². The molecule has 1 aromatic carbocycles. The fraction of sp³-hybridized carbons (Fsp3) is 0.333. The number of nitrogens with zero attached hydrogens (tertiary/aromatic N) is 2. The van der Waals surface area contributed by atoms with Crippen LogP contribution in [0.1, 0.15) is 28.8 Å². The maximum Gasteiger partial charge on any atom is 0.190 e. The predicted octanol–water partition coefficient (Wildman–Crippen LogP) is 5.34. The smallest absolute Gasteiger partial charge is 0.190 e. The van der Waals surface area contributed by atoms with Gasteiger partial charge in [0, 0.05) is 10.6 Å². The summed E-state index contributed by atoms with van der Waals surface area (Å²) in [5.41, 5.74) is 3.82. The molecule has 2 aromatic heterocycles. The van der Waals surface area contributed by atoms with E-state index in [1.807, 2.05) is 17.6 Å². The number of anilines is 2. The summed E-state index contributed by atoms with van der Waals surface area (Å²) in [5, 5.41) is 5.60. The normalized spacial score (nSPS) is 14.0. The van der Waals surface area contributed by atoms with Crippen molar-refractivity contribution in [3.8, 4) is 0 Å². The standard InChI is InChI=1S/C18H19N3S2/c1-11-7-9-12(10-8-11)19-16-15-13-5-3-4-6-14(13)23-17(15)21-18(20-16)22-2/h7-10H,3-6H2,1-2H3,(H,19,20,21). The molecular formula is C18H19N3S2. The molecule has 2 heterocycles. The number of aromatic nitrogens is 2. The molecule has 1 aliphatic rings. The average molecular weight is 342 g/mol. The monoisotopic (exact) mass is 341 g/mol. The molecule has 0 fully saturated rings. The van der Waals surface area contributed by atoms with E-state index < -0.39 is 0 Å². The van der Waals surface area contributed by atoms with Crippen molar-refractivity contribution in [3.63, 3.8) is 0 Å². The van der Waals surface area contributed by atoms with Crippen LogP contribution in [0.2, 0.25) is 0 Å². The van der Waals surface area contributed by atoms with Crippen LogP contribution in [0, 0.1) is 6.92 Å². The van der Waals surface area contributed by atoms with Crippen LogP contribution in [-0.4, -0.2) is 16.2 Å². The van der Waals surface area contributed by atoms with E-state index in [1.165, 1.54) is 40.7 Å². The highest BCUT2D eigenvalue weighted by Gasteiger charge is 2.21. The topological polar surface area (TPSA) is 37.8 Å². The lowest BCUT2D eigenvalue weighted by Gasteiger charge is -2.13. The highest BCUT2D eigenvalue weighted by Crippen LogP contribution is 2.40. The van der Waals surface area contributed by atoms with Crippen molar-refractivity contribution < 1.29 is 0 Å². The van der Waals surface area contributed by atoms with E-state index in [9.17, 15) is 0 Å². The Hall–Kier alpha value is -1.59. The lowest BCUT2D eigenvalue weighted by atomic mass is 9.97. The Morgan fingerprint density at radius 1 is 1.09 bits per heavy atom. The van der Waals surface area contributed by atoms with Crippen molar-refractivity contribution in [3.05, 3.63) is 40.3 Å². The Bertz CT molecular complexity index is 853. The molecule has 118 valence electrons. The largest absolute Gasteiger partial charge is 0.340 e. The van der Waals surface area contributed by atoms with Crippen LogP contribution < -0.4 is 5.32 Å². The molecule has 0 saturated carbocycles. The second kappa shape index (κ2) is 6.13. The number of thiophene rings is 1. The zero-order valence-electron chi connectivity index (χ0n) is 13.3. The summed E-state index contributed by atoms with van der Waals surface area (Å²) in [6.45, 7) is 2.10. The van der Waals surface area contributed by atoms with Gasteiger partial charge in [-0.25, -0.2) is 9.97 Å². The minimum absolute atomic E-state index is 0.839. The van der Waals surface area contributed by atoms with Gasteiger partial charge in [0.15, 0.2) is 5.16 Å². The molecule has 0 unspecified atom stereocenters. The van der Waals surface area contributed by atoms with E-state index in [0.717, 1.165) is 27.9 Å². The van der Waals surface area contributed by atoms with E-state index in [4.69, 9.17) is 9.97 Å². The highest BCUT2D eigenvalue weighted by molar-refractivity contribution is 7.98. The molecular weight excluding hydrogens is 322 g/mol. The summed E-state index contributed by atoms with van der Waals surface area (Å²) < 4.78 is 0. The molecule has 0 amide bonds. The predicted molar refractivity (Wildman–Crippen MR) is 100 cm³/mol. The number of aryl methyl sites for hydroxylation is 3. The summed E-state index contributed by atoms with van der Waals surface area (Å²) in [7, 11) is 0. The molecule has 0 radical (unpaired) electrons. The van der Waals surface area contributed by atoms with E-state index in [1.54, 1.807) is 11.8 Å². The van der Waals surface area contributed by atoms with Crippen LogP contribution in [-0.2, 0) is 12.8 Å². The lowest BCUT2D eigenvalue weighted by Crippen LogP contribution is -2.02. The van der Waals surface area contributed by atoms with Crippen LogP contribution >= 0.6 is 23.1 Å². The quantitative estimate of drug-likeness (QED) is 0.515. The van der Waals surface area contributed by atoms with Crippen LogP contribution in [0.3, 0.4) is 0 Å². The second-order valence-electron chi connectivity index (χ2n) is 5.94. The summed E-state index contributed by atoms with van der Waals surface area (Å²) >= 11 is 3.45. The van der Waals surface area contributed by atoms with Gasteiger partial charge in [0.2, 0.25) is 0 Å². The maximum absolute atomic E-state index is 4.76. The maximum atomic E-state index is 4.76. The number of nitrogens with one attached hydrogen (secondary N) is 1. The number of hydrogen-bond donors (Lipinski definition) is 1. The van der Waals surface area contributed by atoms with Gasteiger partial charge in [0.25, 0.3) is 0 Å². The third-order valence-corrected chi connectivity index (χ3v) is 6.02. The van der Waals surface area contributed by atoms with E-state index in [2.05, 4.69) is 36.5 Å². The third kappa shape index (κ3) is 2.83. The van der Waals surface area contributed by atoms with Crippen molar-refractivity contribution in [2.45, 2.75) is 37.8 Å². The summed E-state index contributed by atoms with van der Waals surface area (Å²) in [6.07, 6.45) is 6.94. The molecule has 0 saturated heterocycles. The van der Waals surface area contributed by atoms with Crippen LogP contribution in [0.15, 0.2) is 29.4 Å². The minimum atomic E-state index is 0.839. The van der Waals surface area contributed by atoms with E-state index in [-0.39, 0.29) is 0 Å². The number of thioether (sulfide) groups is 1. The first-order chi connectivity index (χ1) is 11.2. The molecule has 1 aliphatic carbocycles. The van der Waals surface area contributed by atoms with Gasteiger partial charge in [-0.15, -0.1) is 11.3 Å². The summed E-state index contributed by atoms with van der Waals surface area (Å²) in [6, 6.07) is 8.47. The minimum Gasteiger partial charge on any atom is -0.340 e. The molecule has 0 spiro atoms. The van der Waals surface area contributed by atoms with Crippen molar-refractivity contribution in [2.75, 3.05) is 11.6 Å². The second-order valence-corrected chi connectivity index (χ2v) is 7.80. The van der Waals surface area contributed by atoms with Gasteiger partial charge in [0.1, 0.15) is 10.6 Å². The molecule has 4 rings (SSSR count). The highest BCUT2D eigenvalue weighted by atomic mass is 32.2. The molecule has 0 bridgehead atoms. The molecule has 1 N–H and O–H groups in total.